The van der Waals surface area contributed by atoms with Crippen molar-refractivity contribution >= 4 is 5.91 Å². The van der Waals surface area contributed by atoms with Gasteiger partial charge < -0.3 is 15.8 Å². The molecule has 0 bridgehead atoms. The van der Waals surface area contributed by atoms with Crippen LogP contribution in [0.3, 0.4) is 0 Å². The first-order valence-electron chi connectivity index (χ1n) is 6.60. The molecule has 2 aliphatic heterocycles. The summed E-state index contributed by atoms with van der Waals surface area (Å²) in [5.74, 6) is 0.107. The fraction of sp³-hybridized carbons (Fsp3) is 0.917. The number of carbonyl (C=O) groups is 1. The molecule has 5 heteroatoms. The lowest BCUT2D eigenvalue weighted by atomic mass is 10.1. The molecule has 2 aliphatic rings. The normalized spacial score (nSPS) is 27.2. The highest BCUT2D eigenvalue weighted by atomic mass is 16.5. The summed E-state index contributed by atoms with van der Waals surface area (Å²) in [5.41, 5.74) is 5.83. The molecular formula is C12H23N3O2. The first-order chi connectivity index (χ1) is 8.24. The van der Waals surface area contributed by atoms with Crippen LogP contribution in [0, 0.1) is 0 Å². The standard InChI is InChI=1S/C12H23N3O2/c13-10-3-5-15(6-4-10)9-12(16)14-8-11-2-1-7-17-11/h10-11H,1-9,13H2,(H,14,16)/t11-/m1/s1. The van der Waals surface area contributed by atoms with E-state index in [1.165, 1.54) is 0 Å². The summed E-state index contributed by atoms with van der Waals surface area (Å²) < 4.78 is 5.46. The molecule has 98 valence electrons. The number of hydrogen-bond acceptors (Lipinski definition) is 4. The van der Waals surface area contributed by atoms with Gasteiger partial charge in [-0.1, -0.05) is 0 Å². The van der Waals surface area contributed by atoms with Gasteiger partial charge in [-0.15, -0.1) is 0 Å². The predicted molar refractivity (Wildman–Crippen MR) is 65.6 cm³/mol. The Hall–Kier alpha value is -0.650. The smallest absolute Gasteiger partial charge is 0.234 e. The fourth-order valence-electron chi connectivity index (χ4n) is 2.40. The molecule has 5 nitrogen and oxygen atoms in total. The zero-order valence-electron chi connectivity index (χ0n) is 10.4. The lowest BCUT2D eigenvalue weighted by molar-refractivity contribution is -0.123. The Kier molecular flexibility index (Phi) is 4.76. The summed E-state index contributed by atoms with van der Waals surface area (Å²) in [6, 6.07) is 0.321. The van der Waals surface area contributed by atoms with E-state index in [0.29, 0.717) is 19.1 Å². The minimum absolute atomic E-state index is 0.107. The van der Waals surface area contributed by atoms with Crippen molar-refractivity contribution in [2.45, 2.75) is 37.8 Å². The van der Waals surface area contributed by atoms with Crippen LogP contribution in [-0.2, 0) is 9.53 Å². The van der Waals surface area contributed by atoms with Crippen molar-refractivity contribution in [1.82, 2.24) is 10.2 Å². The van der Waals surface area contributed by atoms with Crippen LogP contribution in [-0.4, -0.2) is 55.7 Å². The second kappa shape index (κ2) is 6.33. The topological polar surface area (TPSA) is 67.6 Å². The summed E-state index contributed by atoms with van der Waals surface area (Å²) in [6.07, 6.45) is 4.41. The van der Waals surface area contributed by atoms with Crippen LogP contribution in [0.5, 0.6) is 0 Å². The zero-order chi connectivity index (χ0) is 12.1. The summed E-state index contributed by atoms with van der Waals surface area (Å²) in [5, 5.41) is 2.95. The molecule has 2 rings (SSSR count). The van der Waals surface area contributed by atoms with Crippen LogP contribution in [0.4, 0.5) is 0 Å². The van der Waals surface area contributed by atoms with Gasteiger partial charge in [0.15, 0.2) is 0 Å². The minimum atomic E-state index is 0.107. The van der Waals surface area contributed by atoms with Crippen LogP contribution >= 0.6 is 0 Å². The number of ether oxygens (including phenoxy) is 1. The number of amides is 1. The van der Waals surface area contributed by atoms with E-state index in [1.807, 2.05) is 0 Å². The van der Waals surface area contributed by atoms with Crippen LogP contribution in [0.15, 0.2) is 0 Å². The number of likely N-dealkylation sites (tertiary alicyclic amines) is 1. The van der Waals surface area contributed by atoms with E-state index in [1.54, 1.807) is 0 Å². The SMILES string of the molecule is NC1CCN(CC(=O)NC[C@H]2CCCO2)CC1. The van der Waals surface area contributed by atoms with Gasteiger partial charge in [-0.05, 0) is 25.7 Å². The highest BCUT2D eigenvalue weighted by Crippen LogP contribution is 2.10. The molecule has 0 aromatic rings. The van der Waals surface area contributed by atoms with Gasteiger partial charge in [0.25, 0.3) is 0 Å². The minimum Gasteiger partial charge on any atom is -0.376 e. The van der Waals surface area contributed by atoms with Crippen molar-refractivity contribution in [1.29, 1.82) is 0 Å². The van der Waals surface area contributed by atoms with Crippen molar-refractivity contribution in [3.63, 3.8) is 0 Å². The van der Waals surface area contributed by atoms with E-state index in [4.69, 9.17) is 10.5 Å². The molecule has 0 saturated carbocycles. The zero-order valence-corrected chi connectivity index (χ0v) is 10.4. The molecule has 0 aromatic heterocycles. The highest BCUT2D eigenvalue weighted by Gasteiger charge is 2.19. The number of piperidine rings is 1. The number of carbonyl (C=O) groups excluding carboxylic acids is 1. The fourth-order valence-corrected chi connectivity index (χ4v) is 2.40. The van der Waals surface area contributed by atoms with E-state index in [9.17, 15) is 4.79 Å². The molecule has 2 saturated heterocycles. The highest BCUT2D eigenvalue weighted by molar-refractivity contribution is 5.78. The summed E-state index contributed by atoms with van der Waals surface area (Å²) in [4.78, 5) is 13.9. The van der Waals surface area contributed by atoms with E-state index in [0.717, 1.165) is 45.4 Å². The first kappa shape index (κ1) is 12.8. The maximum absolute atomic E-state index is 11.7. The predicted octanol–water partition coefficient (Wildman–Crippen LogP) is -0.295. The maximum atomic E-state index is 11.7. The lowest BCUT2D eigenvalue weighted by Crippen LogP contribution is -2.45. The number of rotatable bonds is 4. The quantitative estimate of drug-likeness (QED) is 0.709. The number of hydrogen-bond donors (Lipinski definition) is 2. The molecular weight excluding hydrogens is 218 g/mol. The van der Waals surface area contributed by atoms with Crippen LogP contribution in [0.25, 0.3) is 0 Å². The average molecular weight is 241 g/mol. The van der Waals surface area contributed by atoms with Crippen molar-refractivity contribution in [2.24, 2.45) is 5.73 Å². The molecule has 0 aromatic carbocycles. The van der Waals surface area contributed by atoms with Crippen LogP contribution in [0.2, 0.25) is 0 Å². The summed E-state index contributed by atoms with van der Waals surface area (Å²) in [7, 11) is 0. The monoisotopic (exact) mass is 241 g/mol. The maximum Gasteiger partial charge on any atom is 0.234 e. The molecule has 2 fully saturated rings. The molecule has 1 atom stereocenters. The van der Waals surface area contributed by atoms with Gasteiger partial charge in [0.1, 0.15) is 0 Å². The molecule has 17 heavy (non-hydrogen) atoms. The third-order valence-electron chi connectivity index (χ3n) is 3.55. The van der Waals surface area contributed by atoms with Gasteiger partial charge in [0, 0.05) is 32.3 Å². The number of nitrogens with two attached hydrogens (primary N) is 1. The lowest BCUT2D eigenvalue weighted by Gasteiger charge is -2.29. The second-order valence-electron chi connectivity index (χ2n) is 5.05. The van der Waals surface area contributed by atoms with Crippen molar-refractivity contribution in [2.75, 3.05) is 32.8 Å². The Balaban J connectivity index is 1.60. The molecule has 2 heterocycles. The van der Waals surface area contributed by atoms with Crippen molar-refractivity contribution in [3.05, 3.63) is 0 Å². The third kappa shape index (κ3) is 4.26. The van der Waals surface area contributed by atoms with Gasteiger partial charge in [-0.3, -0.25) is 9.69 Å². The Morgan fingerprint density at radius 2 is 2.12 bits per heavy atom. The molecule has 0 unspecified atom stereocenters. The Bertz CT molecular complexity index is 246. The van der Waals surface area contributed by atoms with Gasteiger partial charge in [-0.25, -0.2) is 0 Å². The molecule has 0 radical (unpaired) electrons. The molecule has 1 amide bonds. The number of nitrogens with zero attached hydrogens (tertiary/aromatic N) is 1. The summed E-state index contributed by atoms with van der Waals surface area (Å²) in [6.45, 7) is 3.87. The van der Waals surface area contributed by atoms with Crippen LogP contribution < -0.4 is 11.1 Å². The van der Waals surface area contributed by atoms with E-state index in [2.05, 4.69) is 10.2 Å². The molecule has 3 N–H and O–H groups in total. The largest absolute Gasteiger partial charge is 0.376 e. The van der Waals surface area contributed by atoms with E-state index in [-0.39, 0.29) is 12.0 Å². The molecule has 0 aliphatic carbocycles. The van der Waals surface area contributed by atoms with Crippen molar-refractivity contribution in [3.8, 4) is 0 Å². The van der Waals surface area contributed by atoms with Gasteiger partial charge >= 0.3 is 0 Å². The van der Waals surface area contributed by atoms with E-state index < -0.39 is 0 Å². The Labute approximate surface area is 103 Å². The van der Waals surface area contributed by atoms with Gasteiger partial charge in [0.05, 0.1) is 12.6 Å². The Morgan fingerprint density at radius 1 is 1.35 bits per heavy atom. The summed E-state index contributed by atoms with van der Waals surface area (Å²) >= 11 is 0. The van der Waals surface area contributed by atoms with Gasteiger partial charge in [0.2, 0.25) is 5.91 Å². The Morgan fingerprint density at radius 3 is 2.76 bits per heavy atom. The average Bonchev–Trinajstić information content (AvgIpc) is 2.83. The van der Waals surface area contributed by atoms with Gasteiger partial charge in [-0.2, -0.15) is 0 Å². The van der Waals surface area contributed by atoms with E-state index >= 15 is 0 Å². The molecule has 0 spiro atoms. The first-order valence-corrected chi connectivity index (χ1v) is 6.60. The van der Waals surface area contributed by atoms with Crippen molar-refractivity contribution < 1.29 is 9.53 Å². The number of nitrogens with one attached hydrogen (secondary N) is 1. The van der Waals surface area contributed by atoms with Crippen LogP contribution in [0.1, 0.15) is 25.7 Å². The third-order valence-corrected chi connectivity index (χ3v) is 3.55. The second-order valence-corrected chi connectivity index (χ2v) is 5.05.